The molecule has 0 aliphatic rings. The van der Waals surface area contributed by atoms with E-state index in [0.29, 0.717) is 18.2 Å². The Bertz CT molecular complexity index is 678. The van der Waals surface area contributed by atoms with E-state index < -0.39 is 5.82 Å². The number of rotatable bonds is 5. The molecule has 2 aromatic rings. The standard InChI is InChI=1S/C15H18FN5O2.HI/c1-17-15(21(2)10-13-6-7-23-20-13)18-9-14(22)19-12-5-3-4-11(16)8-12;/h3-8H,9-10H2,1-2H3,(H,17,18)(H,19,22);1H. The highest BCUT2D eigenvalue weighted by atomic mass is 127. The molecule has 2 rings (SSSR count). The normalized spacial score (nSPS) is 10.7. The second-order valence-corrected chi connectivity index (χ2v) is 4.81. The molecule has 0 fully saturated rings. The number of anilines is 1. The summed E-state index contributed by atoms with van der Waals surface area (Å²) in [6, 6.07) is 7.47. The number of carbonyl (C=O) groups excluding carboxylic acids is 1. The highest BCUT2D eigenvalue weighted by molar-refractivity contribution is 14.0. The van der Waals surface area contributed by atoms with E-state index >= 15 is 0 Å². The lowest BCUT2D eigenvalue weighted by Gasteiger charge is -2.20. The highest BCUT2D eigenvalue weighted by Gasteiger charge is 2.10. The molecule has 24 heavy (non-hydrogen) atoms. The number of amides is 1. The van der Waals surface area contributed by atoms with Gasteiger partial charge in [-0.15, -0.1) is 24.0 Å². The Labute approximate surface area is 156 Å². The Morgan fingerprint density at radius 1 is 1.42 bits per heavy atom. The van der Waals surface area contributed by atoms with Crippen LogP contribution in [0.15, 0.2) is 46.1 Å². The number of hydrogen-bond acceptors (Lipinski definition) is 4. The van der Waals surface area contributed by atoms with Crippen molar-refractivity contribution in [1.29, 1.82) is 0 Å². The van der Waals surface area contributed by atoms with Gasteiger partial charge in [0, 0.05) is 25.8 Å². The number of aromatic nitrogens is 1. The first kappa shape index (κ1) is 19.9. The van der Waals surface area contributed by atoms with Crippen LogP contribution < -0.4 is 10.6 Å². The molecule has 0 aliphatic carbocycles. The molecule has 0 radical (unpaired) electrons. The molecule has 9 heteroatoms. The zero-order valence-electron chi connectivity index (χ0n) is 13.3. The molecule has 7 nitrogen and oxygen atoms in total. The molecule has 1 heterocycles. The van der Waals surface area contributed by atoms with Crippen molar-refractivity contribution in [1.82, 2.24) is 15.4 Å². The molecule has 1 aromatic carbocycles. The Kier molecular flexibility index (Phi) is 8.16. The highest BCUT2D eigenvalue weighted by Crippen LogP contribution is 2.08. The summed E-state index contributed by atoms with van der Waals surface area (Å²) in [7, 11) is 3.43. The van der Waals surface area contributed by atoms with Crippen molar-refractivity contribution in [3.8, 4) is 0 Å². The molecule has 0 saturated carbocycles. The minimum atomic E-state index is -0.404. The third kappa shape index (κ3) is 6.14. The number of hydrogen-bond donors (Lipinski definition) is 2. The summed E-state index contributed by atoms with van der Waals surface area (Å²) in [6.45, 7) is 0.494. The minimum absolute atomic E-state index is 0. The first-order chi connectivity index (χ1) is 11.1. The van der Waals surface area contributed by atoms with Gasteiger partial charge in [0.05, 0.1) is 13.1 Å². The fourth-order valence-electron chi connectivity index (χ4n) is 1.95. The van der Waals surface area contributed by atoms with Crippen molar-refractivity contribution < 1.29 is 13.7 Å². The van der Waals surface area contributed by atoms with Crippen LogP contribution in [0.1, 0.15) is 5.69 Å². The number of nitrogens with one attached hydrogen (secondary N) is 2. The SMILES string of the molecule is CN=C(NCC(=O)Nc1cccc(F)c1)N(C)Cc1ccon1.I. The number of carbonyl (C=O) groups is 1. The topological polar surface area (TPSA) is 82.8 Å². The van der Waals surface area contributed by atoms with Gasteiger partial charge in [0.15, 0.2) is 5.96 Å². The van der Waals surface area contributed by atoms with Crippen LogP contribution in [-0.4, -0.2) is 42.6 Å². The van der Waals surface area contributed by atoms with Gasteiger partial charge in [0.25, 0.3) is 0 Å². The lowest BCUT2D eigenvalue weighted by Crippen LogP contribution is -2.42. The molecule has 0 spiro atoms. The Hall–Kier alpha value is -2.17. The van der Waals surface area contributed by atoms with Crippen molar-refractivity contribution >= 4 is 41.5 Å². The van der Waals surface area contributed by atoms with Gasteiger partial charge in [0.2, 0.25) is 5.91 Å². The molecule has 1 amide bonds. The van der Waals surface area contributed by atoms with Gasteiger partial charge in [0.1, 0.15) is 17.8 Å². The quantitative estimate of drug-likeness (QED) is 0.417. The van der Waals surface area contributed by atoms with E-state index in [1.807, 2.05) is 7.05 Å². The molecular weight excluding hydrogens is 428 g/mol. The molecule has 1 aromatic heterocycles. The fourth-order valence-corrected chi connectivity index (χ4v) is 1.95. The van der Waals surface area contributed by atoms with Gasteiger partial charge in [-0.25, -0.2) is 4.39 Å². The number of guanidine groups is 1. The lowest BCUT2D eigenvalue weighted by atomic mass is 10.3. The van der Waals surface area contributed by atoms with Crippen molar-refractivity contribution in [2.24, 2.45) is 4.99 Å². The van der Waals surface area contributed by atoms with Gasteiger partial charge < -0.3 is 20.1 Å². The number of halogens is 2. The summed E-state index contributed by atoms with van der Waals surface area (Å²) >= 11 is 0. The summed E-state index contributed by atoms with van der Waals surface area (Å²) in [6.07, 6.45) is 1.49. The van der Waals surface area contributed by atoms with Crippen molar-refractivity contribution in [2.45, 2.75) is 6.54 Å². The van der Waals surface area contributed by atoms with Crippen LogP contribution in [0.4, 0.5) is 10.1 Å². The van der Waals surface area contributed by atoms with Gasteiger partial charge in [-0.2, -0.15) is 0 Å². The van der Waals surface area contributed by atoms with Crippen LogP contribution in [0.5, 0.6) is 0 Å². The summed E-state index contributed by atoms with van der Waals surface area (Å²) in [5.41, 5.74) is 1.16. The lowest BCUT2D eigenvalue weighted by molar-refractivity contribution is -0.115. The maximum atomic E-state index is 13.1. The predicted octanol–water partition coefficient (Wildman–Crippen LogP) is 2.08. The van der Waals surface area contributed by atoms with Crippen molar-refractivity contribution in [3.05, 3.63) is 48.1 Å². The van der Waals surface area contributed by atoms with Gasteiger partial charge >= 0.3 is 0 Å². The molecule has 0 atom stereocenters. The summed E-state index contributed by atoms with van der Waals surface area (Å²) < 4.78 is 17.8. The summed E-state index contributed by atoms with van der Waals surface area (Å²) in [5, 5.41) is 9.35. The van der Waals surface area contributed by atoms with E-state index in [1.54, 1.807) is 24.1 Å². The average Bonchev–Trinajstić information content (AvgIpc) is 3.00. The van der Waals surface area contributed by atoms with E-state index in [9.17, 15) is 9.18 Å². The third-order valence-corrected chi connectivity index (χ3v) is 2.98. The molecule has 0 unspecified atom stereocenters. The van der Waals surface area contributed by atoms with Gasteiger partial charge in [-0.3, -0.25) is 9.79 Å². The second-order valence-electron chi connectivity index (χ2n) is 4.81. The van der Waals surface area contributed by atoms with Crippen LogP contribution in [0.2, 0.25) is 0 Å². The smallest absolute Gasteiger partial charge is 0.243 e. The van der Waals surface area contributed by atoms with Crippen molar-refractivity contribution in [3.63, 3.8) is 0 Å². The summed E-state index contributed by atoms with van der Waals surface area (Å²) in [4.78, 5) is 17.8. The monoisotopic (exact) mass is 447 g/mol. The van der Waals surface area contributed by atoms with Crippen LogP contribution >= 0.6 is 24.0 Å². The largest absolute Gasteiger partial charge is 0.364 e. The first-order valence-corrected chi connectivity index (χ1v) is 6.95. The molecule has 0 bridgehead atoms. The maximum Gasteiger partial charge on any atom is 0.243 e. The predicted molar refractivity (Wildman–Crippen MR) is 99.8 cm³/mol. The molecule has 0 aliphatic heterocycles. The maximum absolute atomic E-state index is 13.1. The van der Waals surface area contributed by atoms with Crippen LogP contribution in [0.25, 0.3) is 0 Å². The summed E-state index contributed by atoms with van der Waals surface area (Å²) in [5.74, 6) is -0.173. The minimum Gasteiger partial charge on any atom is -0.364 e. The molecule has 0 saturated heterocycles. The van der Waals surface area contributed by atoms with Crippen LogP contribution in [-0.2, 0) is 11.3 Å². The molecule has 2 N–H and O–H groups in total. The molecular formula is C15H19FIN5O2. The zero-order valence-corrected chi connectivity index (χ0v) is 15.7. The molecule has 130 valence electrons. The van der Waals surface area contributed by atoms with Crippen molar-refractivity contribution in [2.75, 3.05) is 26.0 Å². The number of benzene rings is 1. The Morgan fingerprint density at radius 2 is 2.21 bits per heavy atom. The second kappa shape index (κ2) is 9.85. The van der Waals surface area contributed by atoms with Gasteiger partial charge in [-0.1, -0.05) is 11.2 Å². The third-order valence-electron chi connectivity index (χ3n) is 2.98. The zero-order chi connectivity index (χ0) is 16.7. The van der Waals surface area contributed by atoms with E-state index in [-0.39, 0.29) is 36.4 Å². The Balaban J connectivity index is 0.00000288. The van der Waals surface area contributed by atoms with Crippen LogP contribution in [0, 0.1) is 5.82 Å². The van der Waals surface area contributed by atoms with E-state index in [1.165, 1.54) is 24.5 Å². The average molecular weight is 447 g/mol. The Morgan fingerprint density at radius 3 is 2.83 bits per heavy atom. The first-order valence-electron chi connectivity index (χ1n) is 6.95. The van der Waals surface area contributed by atoms with E-state index in [2.05, 4.69) is 20.8 Å². The fraction of sp³-hybridized carbons (Fsp3) is 0.267. The van der Waals surface area contributed by atoms with E-state index in [0.717, 1.165) is 5.69 Å². The number of nitrogens with zero attached hydrogens (tertiary/aromatic N) is 3. The number of aliphatic imine (C=N–C) groups is 1. The van der Waals surface area contributed by atoms with Crippen LogP contribution in [0.3, 0.4) is 0 Å². The van der Waals surface area contributed by atoms with Gasteiger partial charge in [-0.05, 0) is 18.2 Å². The van der Waals surface area contributed by atoms with E-state index in [4.69, 9.17) is 4.52 Å².